The number of allylic oxidation sites excluding steroid dienone is 2. The first-order valence-electron chi connectivity index (χ1n) is 10.7. The minimum absolute atomic E-state index is 0.121. The zero-order valence-corrected chi connectivity index (χ0v) is 17.0. The van der Waals surface area contributed by atoms with Gasteiger partial charge in [0.15, 0.2) is 0 Å². The molecule has 1 heterocycles. The molecule has 0 fully saturated rings. The monoisotopic (exact) mass is 361 g/mol. The van der Waals surface area contributed by atoms with Gasteiger partial charge in [0.05, 0.1) is 0 Å². The number of unbranched alkanes of at least 4 members (excludes halogenated alkanes) is 11. The maximum absolute atomic E-state index is 11.8. The molecule has 0 amide bonds. The molecule has 0 N–H and O–H groups in total. The van der Waals surface area contributed by atoms with E-state index in [1.165, 1.54) is 70.6 Å². The van der Waals surface area contributed by atoms with Crippen LogP contribution in [0.3, 0.4) is 0 Å². The summed E-state index contributed by atoms with van der Waals surface area (Å²) in [5.74, 6) is 0.507. The van der Waals surface area contributed by atoms with Crippen molar-refractivity contribution < 1.29 is 9.53 Å². The van der Waals surface area contributed by atoms with Crippen molar-refractivity contribution in [2.75, 3.05) is 0 Å². The van der Waals surface area contributed by atoms with Crippen LogP contribution in [0.1, 0.15) is 96.8 Å². The second-order valence-corrected chi connectivity index (χ2v) is 7.27. The van der Waals surface area contributed by atoms with Crippen LogP contribution in [0.5, 0.6) is 5.88 Å². The normalized spacial score (nSPS) is 11.3. The van der Waals surface area contributed by atoms with Crippen molar-refractivity contribution in [1.82, 2.24) is 4.57 Å². The number of nitrogens with zero attached hydrogens (tertiary/aromatic N) is 1. The number of esters is 1. The van der Waals surface area contributed by atoms with Gasteiger partial charge in [-0.05, 0) is 38.2 Å². The van der Waals surface area contributed by atoms with Crippen molar-refractivity contribution in [3.05, 3.63) is 30.5 Å². The van der Waals surface area contributed by atoms with E-state index in [9.17, 15) is 4.79 Å². The number of hydrogen-bond acceptors (Lipinski definition) is 2. The van der Waals surface area contributed by atoms with Crippen molar-refractivity contribution >= 4 is 5.97 Å². The average molecular weight is 362 g/mol. The fourth-order valence-corrected chi connectivity index (χ4v) is 3.06. The van der Waals surface area contributed by atoms with E-state index in [1.807, 2.05) is 29.9 Å². The Bertz CT molecular complexity index is 490. The van der Waals surface area contributed by atoms with E-state index in [0.717, 1.165) is 12.8 Å². The van der Waals surface area contributed by atoms with Crippen molar-refractivity contribution in [2.45, 2.75) is 96.8 Å². The molecule has 1 aromatic heterocycles. The summed E-state index contributed by atoms with van der Waals surface area (Å²) >= 11 is 0. The average Bonchev–Trinajstić information content (AvgIpc) is 3.03. The van der Waals surface area contributed by atoms with Gasteiger partial charge in [-0.1, -0.05) is 70.4 Å². The van der Waals surface area contributed by atoms with Gasteiger partial charge in [-0.2, -0.15) is 0 Å². The van der Waals surface area contributed by atoms with Crippen LogP contribution in [-0.2, 0) is 11.8 Å². The number of ether oxygens (including phenoxy) is 1. The van der Waals surface area contributed by atoms with E-state index in [1.54, 1.807) is 0 Å². The van der Waals surface area contributed by atoms with Crippen LogP contribution in [0.15, 0.2) is 30.5 Å². The van der Waals surface area contributed by atoms with Gasteiger partial charge in [-0.15, -0.1) is 0 Å². The maximum atomic E-state index is 11.8. The van der Waals surface area contributed by atoms with Crippen molar-refractivity contribution in [3.8, 4) is 5.88 Å². The van der Waals surface area contributed by atoms with Crippen LogP contribution >= 0.6 is 0 Å². The predicted octanol–water partition coefficient (Wildman–Crippen LogP) is 6.97. The van der Waals surface area contributed by atoms with E-state index >= 15 is 0 Å². The molecule has 3 nitrogen and oxygen atoms in total. The lowest BCUT2D eigenvalue weighted by Gasteiger charge is -2.05. The number of hydrogen-bond donors (Lipinski definition) is 0. The second kappa shape index (κ2) is 15.7. The first-order valence-corrected chi connectivity index (χ1v) is 10.7. The SMILES string of the molecule is CCCCCCCC/C=C\CCCCCCCC(=O)Oc1cccn1C. The Labute approximate surface area is 160 Å². The van der Waals surface area contributed by atoms with Gasteiger partial charge < -0.3 is 9.30 Å². The Morgan fingerprint density at radius 2 is 1.50 bits per heavy atom. The number of aryl methyl sites for hydroxylation is 1. The summed E-state index contributed by atoms with van der Waals surface area (Å²) in [6.45, 7) is 2.27. The van der Waals surface area contributed by atoms with Gasteiger partial charge in [0, 0.05) is 25.7 Å². The molecule has 0 aliphatic heterocycles. The van der Waals surface area contributed by atoms with Crippen LogP contribution in [0.25, 0.3) is 0 Å². The van der Waals surface area contributed by atoms with E-state index < -0.39 is 0 Å². The predicted molar refractivity (Wildman–Crippen MR) is 111 cm³/mol. The van der Waals surface area contributed by atoms with Crippen molar-refractivity contribution in [3.63, 3.8) is 0 Å². The summed E-state index contributed by atoms with van der Waals surface area (Å²) in [4.78, 5) is 11.8. The van der Waals surface area contributed by atoms with Gasteiger partial charge in [0.25, 0.3) is 0 Å². The Balaban J connectivity index is 1.84. The third-order valence-electron chi connectivity index (χ3n) is 4.76. The lowest BCUT2D eigenvalue weighted by Crippen LogP contribution is -2.09. The molecule has 0 aromatic carbocycles. The number of rotatable bonds is 16. The summed E-state index contributed by atoms with van der Waals surface area (Å²) in [6.07, 6.45) is 23.6. The largest absolute Gasteiger partial charge is 0.409 e. The number of carbonyl (C=O) groups excluding carboxylic acids is 1. The summed E-state index contributed by atoms with van der Waals surface area (Å²) < 4.78 is 7.14. The highest BCUT2D eigenvalue weighted by molar-refractivity contribution is 5.71. The third kappa shape index (κ3) is 11.9. The second-order valence-electron chi connectivity index (χ2n) is 7.27. The third-order valence-corrected chi connectivity index (χ3v) is 4.76. The molecule has 1 rings (SSSR count). The van der Waals surface area contributed by atoms with Gasteiger partial charge in [0.1, 0.15) is 0 Å². The van der Waals surface area contributed by atoms with Crippen molar-refractivity contribution in [1.29, 1.82) is 0 Å². The van der Waals surface area contributed by atoms with Gasteiger partial charge >= 0.3 is 5.97 Å². The van der Waals surface area contributed by atoms with Crippen molar-refractivity contribution in [2.24, 2.45) is 7.05 Å². The molecule has 0 saturated heterocycles. The Kier molecular flexibility index (Phi) is 13.6. The lowest BCUT2D eigenvalue weighted by molar-refractivity contribution is -0.134. The molecule has 148 valence electrons. The minimum atomic E-state index is -0.121. The van der Waals surface area contributed by atoms with Crippen LogP contribution in [-0.4, -0.2) is 10.5 Å². The Hall–Kier alpha value is -1.51. The maximum Gasteiger partial charge on any atom is 0.312 e. The molecule has 0 bridgehead atoms. The topological polar surface area (TPSA) is 31.2 Å². The summed E-state index contributed by atoms with van der Waals surface area (Å²) in [6, 6.07) is 3.70. The zero-order chi connectivity index (χ0) is 18.9. The standard InChI is InChI=1S/C23H39NO2/c1-3-4-5-6-7-8-9-10-11-12-13-14-15-16-17-20-23(25)26-22-19-18-21-24(22)2/h10-11,18-19,21H,3-9,12-17,20H2,1-2H3/b11-10-. The van der Waals surface area contributed by atoms with Crippen LogP contribution < -0.4 is 4.74 Å². The van der Waals surface area contributed by atoms with Gasteiger partial charge in [-0.25, -0.2) is 0 Å². The fraction of sp³-hybridized carbons (Fsp3) is 0.696. The molecule has 0 aliphatic rings. The quantitative estimate of drug-likeness (QED) is 0.181. The molecular formula is C23H39NO2. The van der Waals surface area contributed by atoms with Gasteiger partial charge in [-0.3, -0.25) is 4.79 Å². The molecular weight excluding hydrogens is 322 g/mol. The molecule has 0 spiro atoms. The van der Waals surface area contributed by atoms with E-state index in [4.69, 9.17) is 4.74 Å². The summed E-state index contributed by atoms with van der Waals surface area (Å²) in [7, 11) is 1.88. The molecule has 0 unspecified atom stereocenters. The van der Waals surface area contributed by atoms with E-state index in [2.05, 4.69) is 19.1 Å². The molecule has 0 atom stereocenters. The fourth-order valence-electron chi connectivity index (χ4n) is 3.06. The highest BCUT2D eigenvalue weighted by Crippen LogP contribution is 2.13. The first kappa shape index (κ1) is 22.5. The highest BCUT2D eigenvalue weighted by atomic mass is 16.5. The molecule has 0 radical (unpaired) electrons. The molecule has 0 aliphatic carbocycles. The van der Waals surface area contributed by atoms with Crippen LogP contribution in [0.4, 0.5) is 0 Å². The molecule has 3 heteroatoms. The highest BCUT2D eigenvalue weighted by Gasteiger charge is 2.06. The Morgan fingerprint density at radius 3 is 2.08 bits per heavy atom. The lowest BCUT2D eigenvalue weighted by atomic mass is 10.1. The Morgan fingerprint density at radius 1 is 0.923 bits per heavy atom. The smallest absolute Gasteiger partial charge is 0.312 e. The molecule has 26 heavy (non-hydrogen) atoms. The summed E-state index contributed by atoms with van der Waals surface area (Å²) in [5, 5.41) is 0. The first-order chi connectivity index (χ1) is 12.7. The van der Waals surface area contributed by atoms with Crippen LogP contribution in [0, 0.1) is 0 Å². The zero-order valence-electron chi connectivity index (χ0n) is 17.0. The van der Waals surface area contributed by atoms with Gasteiger partial charge in [0.2, 0.25) is 5.88 Å². The van der Waals surface area contributed by atoms with Crippen LogP contribution in [0.2, 0.25) is 0 Å². The minimum Gasteiger partial charge on any atom is -0.409 e. The number of carbonyl (C=O) groups is 1. The molecule has 1 aromatic rings. The summed E-state index contributed by atoms with van der Waals surface area (Å²) in [5.41, 5.74) is 0. The molecule has 0 saturated carbocycles. The number of aromatic nitrogens is 1. The van der Waals surface area contributed by atoms with E-state index in [0.29, 0.717) is 12.3 Å². The van der Waals surface area contributed by atoms with E-state index in [-0.39, 0.29) is 5.97 Å².